The Morgan fingerprint density at radius 2 is 0.675 bits per heavy atom. The molecule has 0 aromatic heterocycles. The molecule has 8 amide bonds. The lowest BCUT2D eigenvalue weighted by atomic mass is 9.95. The van der Waals surface area contributed by atoms with Gasteiger partial charge in [-0.05, 0) is 113 Å². The Kier molecular flexibility index (Phi) is 37.6. The molecule has 0 fully saturated rings. The van der Waals surface area contributed by atoms with Crippen LogP contribution in [0.2, 0.25) is 0 Å². The molecule has 25 N–H and O–H groups in total. The highest BCUT2D eigenvalue weighted by Crippen LogP contribution is 2.16. The minimum absolute atomic E-state index is 0.0205. The summed E-state index contributed by atoms with van der Waals surface area (Å²) in [6, 6.07) is -11.0. The van der Waals surface area contributed by atoms with Crippen molar-refractivity contribution in [2.45, 2.75) is 214 Å². The molecule has 0 aliphatic carbocycles. The highest BCUT2D eigenvalue weighted by Gasteiger charge is 2.37. The smallest absolute Gasteiger partial charge is 0.326 e. The predicted octanol–water partition coefficient (Wildman–Crippen LogP) is -2.20. The minimum Gasteiger partial charge on any atom is -0.480 e. The van der Waals surface area contributed by atoms with Crippen molar-refractivity contribution >= 4 is 71.1 Å². The second-order valence-corrected chi connectivity index (χ2v) is 22.9. The number of aliphatic carboxylic acids is 1. The van der Waals surface area contributed by atoms with Gasteiger partial charge in [-0.2, -0.15) is 0 Å². The van der Waals surface area contributed by atoms with E-state index >= 15 is 0 Å². The fourth-order valence-electron chi connectivity index (χ4n) is 8.62. The van der Waals surface area contributed by atoms with Crippen LogP contribution < -0.4 is 88.4 Å². The molecule has 0 unspecified atom stereocenters. The maximum Gasteiger partial charge on any atom is 0.326 e. The van der Waals surface area contributed by atoms with Crippen molar-refractivity contribution in [1.82, 2.24) is 42.5 Å². The molecule has 0 aromatic rings. The lowest BCUT2D eigenvalue weighted by Gasteiger charge is -2.30. The van der Waals surface area contributed by atoms with E-state index in [2.05, 4.69) is 57.5 Å². The number of hydrogen-bond donors (Lipinski definition) is 17. The van der Waals surface area contributed by atoms with E-state index in [1.165, 1.54) is 0 Å². The van der Waals surface area contributed by atoms with Gasteiger partial charge in [0.15, 0.2) is 17.9 Å². The van der Waals surface area contributed by atoms with E-state index in [-0.39, 0.29) is 125 Å². The number of carbonyl (C=O) groups excluding carboxylic acids is 8. The molecule has 0 bridgehead atoms. The maximum absolute atomic E-state index is 14.5. The van der Waals surface area contributed by atoms with Gasteiger partial charge in [0, 0.05) is 19.6 Å². The standard InChI is InChI=1S/C54H105N19O10/c1-11-33(10)42(50(81)68-37(20-16-24-65-54(61)62)46(77)70-39(26-30(4)5)48(79)72-41(51(82)83)28-32(8)9)73-49(80)40(27-31(6)7)71-45(76)36(19-15-23-64-53(59)60)66-44(75)35(18-14-22-63-52(57)58)67-47(78)38(25-29(2)3)69-43(74)34(56)17-12-13-21-55/h29-42H,11-28,55-56H2,1-10H3,(H,66,75)(H,67,78)(H,68,81)(H,69,74)(H,70,77)(H,71,76)(H,72,79)(H,73,80)(H,82,83)(H4,57,58,63)(H4,59,60,64)(H4,61,62,65)/t33-,34-,35-,36-,37-,38-,39-,40-,41-,42-/m0/s1. The molecule has 0 rings (SSSR count). The Bertz CT molecular complexity index is 2130. The van der Waals surface area contributed by atoms with Gasteiger partial charge in [0.1, 0.15) is 48.3 Å². The van der Waals surface area contributed by atoms with Gasteiger partial charge in [-0.15, -0.1) is 0 Å². The third kappa shape index (κ3) is 33.6. The summed E-state index contributed by atoms with van der Waals surface area (Å²) in [4.78, 5) is 137. The summed E-state index contributed by atoms with van der Waals surface area (Å²) >= 11 is 0. The third-order valence-corrected chi connectivity index (χ3v) is 13.2. The van der Waals surface area contributed by atoms with Crippen LogP contribution in [-0.4, -0.2) is 157 Å². The molecule has 29 nitrogen and oxygen atoms in total. The summed E-state index contributed by atoms with van der Waals surface area (Å²) in [5.74, 6) is -8.77. The van der Waals surface area contributed by atoms with Crippen LogP contribution in [0, 0.1) is 29.6 Å². The lowest BCUT2D eigenvalue weighted by molar-refractivity contribution is -0.143. The summed E-state index contributed by atoms with van der Waals surface area (Å²) in [6.45, 7) is 18.7. The van der Waals surface area contributed by atoms with E-state index < -0.39 is 114 Å². The molecular formula is C54H105N19O10. The van der Waals surface area contributed by atoms with E-state index in [4.69, 9.17) is 45.9 Å². The van der Waals surface area contributed by atoms with Crippen LogP contribution in [0.3, 0.4) is 0 Å². The largest absolute Gasteiger partial charge is 0.480 e. The second-order valence-electron chi connectivity index (χ2n) is 22.9. The molecule has 0 aliphatic heterocycles. The monoisotopic (exact) mass is 1180 g/mol. The molecule has 0 saturated carbocycles. The number of nitrogens with zero attached hydrogens (tertiary/aromatic N) is 3. The summed E-state index contributed by atoms with van der Waals surface area (Å²) in [5, 5.41) is 31.6. The highest BCUT2D eigenvalue weighted by molar-refractivity contribution is 5.98. The van der Waals surface area contributed by atoms with E-state index in [1.807, 2.05) is 55.4 Å². The SMILES string of the molecule is CC[C@H](C)[C@H](NC(=O)[C@H](CC(C)C)NC(=O)[C@H](CCCN=C(N)N)NC(=O)[C@H](CCCN=C(N)N)NC(=O)[C@H](CC(C)C)NC(=O)[C@@H](N)CCCCN)C(=O)N[C@@H](CCCN=C(N)N)C(=O)N[C@@H](CC(C)C)C(=O)N[C@@H](CC(C)C)C(=O)O. The molecule has 10 atom stereocenters. The Hall–Kier alpha value is -7.04. The normalized spacial score (nSPS) is 14.9. The zero-order chi connectivity index (χ0) is 63.5. The first-order valence-electron chi connectivity index (χ1n) is 29.1. The summed E-state index contributed by atoms with van der Waals surface area (Å²) in [5.41, 5.74) is 45.1. The Balaban J connectivity index is 7.16. The van der Waals surface area contributed by atoms with E-state index in [9.17, 15) is 48.3 Å². The molecule has 0 aliphatic rings. The summed E-state index contributed by atoms with van der Waals surface area (Å²) in [6.07, 6.45) is 2.89. The lowest BCUT2D eigenvalue weighted by Crippen LogP contribution is -2.61. The van der Waals surface area contributed by atoms with Gasteiger partial charge in [0.2, 0.25) is 47.3 Å². The topological polar surface area (TPSA) is 515 Å². The molecule has 29 heteroatoms. The van der Waals surface area contributed by atoms with Gasteiger partial charge in [-0.3, -0.25) is 53.3 Å². The molecular weight excluding hydrogens is 1070 g/mol. The Labute approximate surface area is 490 Å². The van der Waals surface area contributed by atoms with Crippen LogP contribution in [0.15, 0.2) is 15.0 Å². The number of nitrogens with one attached hydrogen (secondary N) is 8. The van der Waals surface area contributed by atoms with Crippen LogP contribution in [0.5, 0.6) is 0 Å². The van der Waals surface area contributed by atoms with E-state index in [1.54, 1.807) is 13.8 Å². The van der Waals surface area contributed by atoms with Crippen molar-refractivity contribution in [3.05, 3.63) is 0 Å². The molecule has 476 valence electrons. The van der Waals surface area contributed by atoms with Crippen molar-refractivity contribution in [2.75, 3.05) is 26.2 Å². The number of carbonyl (C=O) groups is 9. The first-order chi connectivity index (χ1) is 38.8. The van der Waals surface area contributed by atoms with Crippen molar-refractivity contribution in [2.24, 2.45) is 90.4 Å². The number of nitrogens with two attached hydrogens (primary N) is 8. The number of aliphatic imine (C=N–C) groups is 3. The Morgan fingerprint density at radius 3 is 0.988 bits per heavy atom. The van der Waals surface area contributed by atoms with Gasteiger partial charge in [0.25, 0.3) is 0 Å². The van der Waals surface area contributed by atoms with Crippen LogP contribution in [0.1, 0.15) is 159 Å². The van der Waals surface area contributed by atoms with Gasteiger partial charge < -0.3 is 93.5 Å². The second kappa shape index (κ2) is 41.0. The van der Waals surface area contributed by atoms with Gasteiger partial charge in [0.05, 0.1) is 6.04 Å². The predicted molar refractivity (Wildman–Crippen MR) is 321 cm³/mol. The number of unbranched alkanes of at least 4 members (excludes halogenated alkanes) is 1. The average molecular weight is 1180 g/mol. The fraction of sp³-hybridized carbons (Fsp3) is 0.778. The quantitative estimate of drug-likeness (QED) is 0.0175. The van der Waals surface area contributed by atoms with Crippen molar-refractivity contribution in [3.63, 3.8) is 0 Å². The maximum atomic E-state index is 14.5. The first-order valence-corrected chi connectivity index (χ1v) is 29.1. The molecule has 0 aromatic carbocycles. The van der Waals surface area contributed by atoms with E-state index in [0.29, 0.717) is 32.2 Å². The number of amides is 8. The van der Waals surface area contributed by atoms with Crippen molar-refractivity contribution in [3.8, 4) is 0 Å². The molecule has 83 heavy (non-hydrogen) atoms. The molecule has 0 heterocycles. The molecule has 0 spiro atoms. The highest BCUT2D eigenvalue weighted by atomic mass is 16.4. The number of hydrogen-bond acceptors (Lipinski definition) is 14. The number of guanidine groups is 3. The summed E-state index contributed by atoms with van der Waals surface area (Å²) < 4.78 is 0. The number of carboxylic acids is 1. The van der Waals surface area contributed by atoms with E-state index in [0.717, 1.165) is 0 Å². The zero-order valence-electron chi connectivity index (χ0n) is 50.9. The first kappa shape index (κ1) is 76.0. The van der Waals surface area contributed by atoms with Crippen LogP contribution >= 0.6 is 0 Å². The number of rotatable bonds is 43. The molecule has 0 saturated heterocycles. The van der Waals surface area contributed by atoms with Crippen LogP contribution in [-0.2, 0) is 43.2 Å². The fourth-order valence-corrected chi connectivity index (χ4v) is 8.62. The molecule has 0 radical (unpaired) electrons. The summed E-state index contributed by atoms with van der Waals surface area (Å²) in [7, 11) is 0. The van der Waals surface area contributed by atoms with Crippen molar-refractivity contribution < 1.29 is 48.3 Å². The minimum atomic E-state index is -1.35. The zero-order valence-corrected chi connectivity index (χ0v) is 50.9. The van der Waals surface area contributed by atoms with Crippen molar-refractivity contribution in [1.29, 1.82) is 0 Å². The van der Waals surface area contributed by atoms with Gasteiger partial charge in [-0.25, -0.2) is 4.79 Å². The Morgan fingerprint density at radius 1 is 0.386 bits per heavy atom. The van der Waals surface area contributed by atoms with Crippen LogP contribution in [0.4, 0.5) is 0 Å². The van der Waals surface area contributed by atoms with Gasteiger partial charge in [-0.1, -0.05) is 82.1 Å². The van der Waals surface area contributed by atoms with Crippen LogP contribution in [0.25, 0.3) is 0 Å². The average Bonchev–Trinajstić information content (AvgIpc) is 3.58. The van der Waals surface area contributed by atoms with Gasteiger partial charge >= 0.3 is 5.97 Å². The third-order valence-electron chi connectivity index (χ3n) is 13.2. The number of carboxylic acid groups (broad SMARTS) is 1.